The summed E-state index contributed by atoms with van der Waals surface area (Å²) in [6.45, 7) is 1.90. The number of rotatable bonds is 5. The van der Waals surface area contributed by atoms with E-state index in [0.29, 0.717) is 26.9 Å². The highest BCUT2D eigenvalue weighted by Gasteiger charge is 2.16. The lowest BCUT2D eigenvalue weighted by Gasteiger charge is -2.12. The summed E-state index contributed by atoms with van der Waals surface area (Å²) in [5.41, 5.74) is 2.76. The summed E-state index contributed by atoms with van der Waals surface area (Å²) in [7, 11) is 0. The molecule has 0 bridgehead atoms. The summed E-state index contributed by atoms with van der Waals surface area (Å²) in [5, 5.41) is 3.69. The van der Waals surface area contributed by atoms with Gasteiger partial charge in [0.2, 0.25) is 0 Å². The maximum Gasteiger partial charge on any atom is 0.340 e. The second-order valence-corrected chi connectivity index (χ2v) is 7.02. The van der Waals surface area contributed by atoms with Gasteiger partial charge in [0, 0.05) is 21.2 Å². The van der Waals surface area contributed by atoms with E-state index in [1.165, 1.54) is 0 Å². The van der Waals surface area contributed by atoms with E-state index in [-0.39, 0.29) is 18.1 Å². The van der Waals surface area contributed by atoms with E-state index in [4.69, 9.17) is 27.9 Å². The van der Waals surface area contributed by atoms with Crippen molar-refractivity contribution in [3.63, 3.8) is 0 Å². The topological polar surface area (TPSA) is 55.4 Å². The normalized spacial score (nSPS) is 10.4. The van der Waals surface area contributed by atoms with Gasteiger partial charge < -0.3 is 10.1 Å². The first-order valence-electron chi connectivity index (χ1n) is 8.52. The van der Waals surface area contributed by atoms with Gasteiger partial charge in [-0.3, -0.25) is 4.79 Å². The molecule has 0 aliphatic carbocycles. The van der Waals surface area contributed by atoms with Gasteiger partial charge in [-0.25, -0.2) is 4.79 Å². The van der Waals surface area contributed by atoms with Crippen LogP contribution in [0.1, 0.15) is 31.8 Å². The maximum atomic E-state index is 12.5. The second-order valence-electron chi connectivity index (χ2n) is 6.18. The number of hydrogen-bond donors (Lipinski definition) is 1. The largest absolute Gasteiger partial charge is 0.457 e. The minimum absolute atomic E-state index is 0.00496. The second kappa shape index (κ2) is 8.91. The number of esters is 1. The Balaban J connectivity index is 1.74. The minimum atomic E-state index is -0.564. The molecule has 6 heteroatoms. The van der Waals surface area contributed by atoms with Gasteiger partial charge in [0.1, 0.15) is 6.61 Å². The zero-order valence-corrected chi connectivity index (χ0v) is 16.6. The molecule has 0 saturated carbocycles. The highest BCUT2D eigenvalue weighted by atomic mass is 35.5. The number of carbonyl (C=O) groups excluding carboxylic acids is 2. The molecule has 1 N–H and O–H groups in total. The van der Waals surface area contributed by atoms with Gasteiger partial charge in [-0.2, -0.15) is 0 Å². The van der Waals surface area contributed by atoms with Crippen LogP contribution >= 0.6 is 23.2 Å². The van der Waals surface area contributed by atoms with Crippen molar-refractivity contribution in [1.29, 1.82) is 0 Å². The molecule has 3 rings (SSSR count). The Labute approximate surface area is 173 Å². The maximum absolute atomic E-state index is 12.5. The standard InChI is InChI=1S/C22H17Cl2NO3/c1-14-5-4-6-15(11-14)21(26)25-20-8-3-2-7-18(20)22(27)28-13-16-9-10-17(23)12-19(16)24/h2-12H,13H2,1H3,(H,25,26). The highest BCUT2D eigenvalue weighted by molar-refractivity contribution is 6.35. The highest BCUT2D eigenvalue weighted by Crippen LogP contribution is 2.23. The van der Waals surface area contributed by atoms with Crippen LogP contribution in [0, 0.1) is 6.92 Å². The number of aryl methyl sites for hydroxylation is 1. The summed E-state index contributed by atoms with van der Waals surface area (Å²) >= 11 is 12.0. The number of anilines is 1. The molecule has 3 aromatic rings. The van der Waals surface area contributed by atoms with Crippen molar-refractivity contribution in [3.8, 4) is 0 Å². The first kappa shape index (κ1) is 19.9. The van der Waals surface area contributed by atoms with E-state index in [1.54, 1.807) is 60.7 Å². The SMILES string of the molecule is Cc1cccc(C(=O)Nc2ccccc2C(=O)OCc2ccc(Cl)cc2Cl)c1. The van der Waals surface area contributed by atoms with Gasteiger partial charge in [0.15, 0.2) is 0 Å². The fourth-order valence-electron chi connectivity index (χ4n) is 2.61. The molecule has 3 aromatic carbocycles. The average molecular weight is 414 g/mol. The molecule has 0 fully saturated rings. The fraction of sp³-hybridized carbons (Fsp3) is 0.0909. The van der Waals surface area contributed by atoms with Crippen molar-refractivity contribution in [3.05, 3.63) is 99.0 Å². The summed E-state index contributed by atoms with van der Waals surface area (Å²) in [4.78, 5) is 25.1. The predicted octanol–water partition coefficient (Wildman–Crippen LogP) is 5.91. The average Bonchev–Trinajstić information content (AvgIpc) is 2.67. The van der Waals surface area contributed by atoms with Crippen LogP contribution in [0.25, 0.3) is 0 Å². The molecule has 28 heavy (non-hydrogen) atoms. The molecule has 1 amide bonds. The first-order valence-corrected chi connectivity index (χ1v) is 9.28. The molecule has 0 heterocycles. The molecular weight excluding hydrogens is 397 g/mol. The van der Waals surface area contributed by atoms with Crippen molar-refractivity contribution in [2.24, 2.45) is 0 Å². The Morgan fingerprint density at radius 2 is 1.75 bits per heavy atom. The zero-order chi connectivity index (χ0) is 20.1. The minimum Gasteiger partial charge on any atom is -0.457 e. The monoisotopic (exact) mass is 413 g/mol. The van der Waals surface area contributed by atoms with E-state index in [9.17, 15) is 9.59 Å². The molecule has 0 aromatic heterocycles. The lowest BCUT2D eigenvalue weighted by Crippen LogP contribution is -2.16. The number of nitrogens with one attached hydrogen (secondary N) is 1. The third-order valence-corrected chi connectivity index (χ3v) is 4.64. The van der Waals surface area contributed by atoms with E-state index < -0.39 is 5.97 Å². The summed E-state index contributed by atoms with van der Waals surface area (Å²) in [5.74, 6) is -0.865. The number of benzene rings is 3. The third kappa shape index (κ3) is 4.91. The molecule has 0 radical (unpaired) electrons. The molecular formula is C22H17Cl2NO3. The molecule has 142 valence electrons. The lowest BCUT2D eigenvalue weighted by atomic mass is 10.1. The number of amides is 1. The van der Waals surface area contributed by atoms with Crippen LogP contribution in [0.4, 0.5) is 5.69 Å². The molecule has 0 spiro atoms. The van der Waals surface area contributed by atoms with Crippen LogP contribution in [0.3, 0.4) is 0 Å². The Kier molecular flexibility index (Phi) is 6.34. The molecule has 0 aliphatic rings. The van der Waals surface area contributed by atoms with Crippen molar-refractivity contribution >= 4 is 40.8 Å². The Bertz CT molecular complexity index is 1030. The lowest BCUT2D eigenvalue weighted by molar-refractivity contribution is 0.0474. The van der Waals surface area contributed by atoms with Crippen molar-refractivity contribution in [1.82, 2.24) is 0 Å². The van der Waals surface area contributed by atoms with E-state index in [2.05, 4.69) is 5.32 Å². The van der Waals surface area contributed by atoms with Crippen LogP contribution in [-0.2, 0) is 11.3 Å². The third-order valence-electron chi connectivity index (χ3n) is 4.05. The summed E-state index contributed by atoms with van der Waals surface area (Å²) < 4.78 is 5.36. The van der Waals surface area contributed by atoms with Crippen LogP contribution in [0.2, 0.25) is 10.0 Å². The van der Waals surface area contributed by atoms with Crippen molar-refractivity contribution < 1.29 is 14.3 Å². The number of hydrogen-bond acceptors (Lipinski definition) is 3. The number of carbonyl (C=O) groups is 2. The van der Waals surface area contributed by atoms with Crippen LogP contribution in [0.15, 0.2) is 66.7 Å². The fourth-order valence-corrected chi connectivity index (χ4v) is 3.07. The van der Waals surface area contributed by atoms with Crippen molar-refractivity contribution in [2.45, 2.75) is 13.5 Å². The Morgan fingerprint density at radius 3 is 2.50 bits per heavy atom. The molecule has 4 nitrogen and oxygen atoms in total. The zero-order valence-electron chi connectivity index (χ0n) is 15.0. The number of ether oxygens (including phenoxy) is 1. The molecule has 0 unspecified atom stereocenters. The van der Waals surface area contributed by atoms with Gasteiger partial charge in [0.25, 0.3) is 5.91 Å². The van der Waals surface area contributed by atoms with E-state index in [1.807, 2.05) is 13.0 Å². The van der Waals surface area contributed by atoms with Crippen LogP contribution < -0.4 is 5.32 Å². The Morgan fingerprint density at radius 1 is 0.964 bits per heavy atom. The number of para-hydroxylation sites is 1. The predicted molar refractivity (Wildman–Crippen MR) is 111 cm³/mol. The van der Waals surface area contributed by atoms with Gasteiger partial charge in [0.05, 0.1) is 11.3 Å². The summed E-state index contributed by atoms with van der Waals surface area (Å²) in [6.07, 6.45) is 0. The van der Waals surface area contributed by atoms with E-state index in [0.717, 1.165) is 5.56 Å². The number of halogens is 2. The van der Waals surface area contributed by atoms with Crippen LogP contribution in [0.5, 0.6) is 0 Å². The Hall–Kier alpha value is -2.82. The molecule has 0 saturated heterocycles. The smallest absolute Gasteiger partial charge is 0.340 e. The van der Waals surface area contributed by atoms with Crippen molar-refractivity contribution in [2.75, 3.05) is 5.32 Å². The van der Waals surface area contributed by atoms with Gasteiger partial charge in [-0.15, -0.1) is 0 Å². The molecule has 0 aliphatic heterocycles. The van der Waals surface area contributed by atoms with Gasteiger partial charge >= 0.3 is 5.97 Å². The van der Waals surface area contributed by atoms with Gasteiger partial charge in [-0.05, 0) is 43.3 Å². The van der Waals surface area contributed by atoms with E-state index >= 15 is 0 Å². The quantitative estimate of drug-likeness (QED) is 0.528. The molecule has 0 atom stereocenters. The first-order chi connectivity index (χ1) is 13.4. The van der Waals surface area contributed by atoms with Gasteiger partial charge in [-0.1, -0.05) is 59.1 Å². The van der Waals surface area contributed by atoms with Crippen LogP contribution in [-0.4, -0.2) is 11.9 Å². The summed E-state index contributed by atoms with van der Waals surface area (Å²) in [6, 6.07) is 18.8.